The van der Waals surface area contributed by atoms with Gasteiger partial charge in [0.25, 0.3) is 0 Å². The van der Waals surface area contributed by atoms with Gasteiger partial charge in [-0.15, -0.1) is 0 Å². The van der Waals surface area contributed by atoms with E-state index in [4.69, 9.17) is 12.2 Å². The van der Waals surface area contributed by atoms with E-state index in [0.717, 1.165) is 21.1 Å². The Morgan fingerprint density at radius 2 is 1.64 bits per heavy atom. The molecule has 0 amide bonds. The molecule has 1 atom stereocenters. The molecule has 2 aromatic rings. The fourth-order valence-corrected chi connectivity index (χ4v) is 3.87. The summed E-state index contributed by atoms with van der Waals surface area (Å²) in [5, 5.41) is 6.68. The molecule has 0 saturated carbocycles. The van der Waals surface area contributed by atoms with Crippen molar-refractivity contribution in [3.8, 4) is 0 Å². The zero-order valence-corrected chi connectivity index (χ0v) is 15.4. The number of carbonyl (C=O) groups is 1. The second kappa shape index (κ2) is 7.37. The van der Waals surface area contributed by atoms with Gasteiger partial charge in [0.15, 0.2) is 10.9 Å². The largest absolute Gasteiger partial charge is 0.351 e. The Hall–Kier alpha value is -2.18. The minimum absolute atomic E-state index is 0.00904. The van der Waals surface area contributed by atoms with Gasteiger partial charge in [0.2, 0.25) is 0 Å². The summed E-state index contributed by atoms with van der Waals surface area (Å²) in [6, 6.07) is 14.1. The molecule has 6 heteroatoms. The lowest BCUT2D eigenvalue weighted by atomic mass is 9.93. The standard InChI is InChI=1S/C19H17FN2OS2/c1-11-17(12(2)23)18(22-19(24)21-11)13-3-7-15(8-4-13)25-16-9-5-14(20)6-10-16/h3-10,18H,1-2H3,(H2,21,22,24). The summed E-state index contributed by atoms with van der Waals surface area (Å²) in [6.45, 7) is 3.41. The Labute approximate surface area is 155 Å². The zero-order chi connectivity index (χ0) is 18.0. The first kappa shape index (κ1) is 17.6. The van der Waals surface area contributed by atoms with Crippen molar-refractivity contribution in [1.82, 2.24) is 10.6 Å². The Morgan fingerprint density at radius 3 is 2.20 bits per heavy atom. The predicted molar refractivity (Wildman–Crippen MR) is 102 cm³/mol. The average molecular weight is 372 g/mol. The van der Waals surface area contributed by atoms with Crippen molar-refractivity contribution >= 4 is 34.9 Å². The van der Waals surface area contributed by atoms with E-state index < -0.39 is 0 Å². The molecule has 1 aliphatic rings. The summed E-state index contributed by atoms with van der Waals surface area (Å²) in [5.41, 5.74) is 2.44. The van der Waals surface area contributed by atoms with Gasteiger partial charge in [0.1, 0.15) is 5.82 Å². The van der Waals surface area contributed by atoms with E-state index in [9.17, 15) is 9.18 Å². The van der Waals surface area contributed by atoms with E-state index in [1.807, 2.05) is 31.2 Å². The molecule has 0 saturated heterocycles. The quantitative estimate of drug-likeness (QED) is 0.781. The number of halogens is 1. The molecule has 0 aliphatic carbocycles. The molecular weight excluding hydrogens is 355 g/mol. The molecule has 128 valence electrons. The number of rotatable bonds is 4. The third kappa shape index (κ3) is 4.08. The van der Waals surface area contributed by atoms with Crippen molar-refractivity contribution in [3.63, 3.8) is 0 Å². The zero-order valence-electron chi connectivity index (χ0n) is 13.8. The third-order valence-corrected chi connectivity index (χ3v) is 5.15. The van der Waals surface area contributed by atoms with E-state index in [0.29, 0.717) is 10.7 Å². The molecule has 3 rings (SSSR count). The smallest absolute Gasteiger partial charge is 0.171 e. The Morgan fingerprint density at radius 1 is 1.08 bits per heavy atom. The molecule has 0 fully saturated rings. The fourth-order valence-electron chi connectivity index (χ4n) is 2.78. The monoisotopic (exact) mass is 372 g/mol. The van der Waals surface area contributed by atoms with Crippen LogP contribution in [-0.4, -0.2) is 10.9 Å². The van der Waals surface area contributed by atoms with Gasteiger partial charge in [0, 0.05) is 21.1 Å². The number of thiocarbonyl (C=S) groups is 1. The maximum atomic E-state index is 13.0. The molecule has 1 heterocycles. The van der Waals surface area contributed by atoms with Crippen LogP contribution in [0.4, 0.5) is 4.39 Å². The molecule has 1 aliphatic heterocycles. The van der Waals surface area contributed by atoms with Crippen LogP contribution in [0.1, 0.15) is 25.5 Å². The molecule has 1 unspecified atom stereocenters. The Bertz CT molecular complexity index is 845. The second-order valence-electron chi connectivity index (χ2n) is 5.75. The second-order valence-corrected chi connectivity index (χ2v) is 7.31. The summed E-state index contributed by atoms with van der Waals surface area (Å²) in [7, 11) is 0. The topological polar surface area (TPSA) is 41.1 Å². The lowest BCUT2D eigenvalue weighted by Crippen LogP contribution is -2.44. The molecule has 3 nitrogen and oxygen atoms in total. The van der Waals surface area contributed by atoms with Crippen LogP contribution in [0.15, 0.2) is 69.6 Å². The third-order valence-electron chi connectivity index (χ3n) is 3.91. The molecule has 2 aromatic carbocycles. The molecule has 0 bridgehead atoms. The predicted octanol–water partition coefficient (Wildman–Crippen LogP) is 4.36. The minimum Gasteiger partial charge on any atom is -0.351 e. The van der Waals surface area contributed by atoms with Crippen molar-refractivity contribution in [1.29, 1.82) is 0 Å². The van der Waals surface area contributed by atoms with Crippen LogP contribution < -0.4 is 10.6 Å². The summed E-state index contributed by atoms with van der Waals surface area (Å²) in [6.07, 6.45) is 0. The molecular formula is C19H17FN2OS2. The normalized spacial score (nSPS) is 17.1. The van der Waals surface area contributed by atoms with Gasteiger partial charge in [0.05, 0.1) is 6.04 Å². The summed E-state index contributed by atoms with van der Waals surface area (Å²) >= 11 is 6.78. The molecule has 0 spiro atoms. The van der Waals surface area contributed by atoms with Gasteiger partial charge < -0.3 is 10.6 Å². The number of allylic oxidation sites excluding steroid dienone is 1. The van der Waals surface area contributed by atoms with E-state index in [2.05, 4.69) is 10.6 Å². The van der Waals surface area contributed by atoms with Gasteiger partial charge in [-0.2, -0.15) is 0 Å². The summed E-state index contributed by atoms with van der Waals surface area (Å²) in [4.78, 5) is 14.0. The van der Waals surface area contributed by atoms with Crippen LogP contribution in [-0.2, 0) is 4.79 Å². The van der Waals surface area contributed by atoms with Gasteiger partial charge in [-0.05, 0) is 68.0 Å². The van der Waals surface area contributed by atoms with Crippen LogP contribution in [0, 0.1) is 5.82 Å². The van der Waals surface area contributed by atoms with Crippen LogP contribution in [0.2, 0.25) is 0 Å². The van der Waals surface area contributed by atoms with Crippen molar-refractivity contribution < 1.29 is 9.18 Å². The van der Waals surface area contributed by atoms with Crippen LogP contribution >= 0.6 is 24.0 Å². The van der Waals surface area contributed by atoms with Crippen LogP contribution in [0.25, 0.3) is 0 Å². The van der Waals surface area contributed by atoms with Gasteiger partial charge in [-0.25, -0.2) is 4.39 Å². The fraction of sp³-hybridized carbons (Fsp3) is 0.158. The lowest BCUT2D eigenvalue weighted by molar-refractivity contribution is -0.114. The number of hydrogen-bond donors (Lipinski definition) is 2. The molecule has 0 radical (unpaired) electrons. The Kier molecular flexibility index (Phi) is 5.20. The molecule has 25 heavy (non-hydrogen) atoms. The van der Waals surface area contributed by atoms with Gasteiger partial charge >= 0.3 is 0 Å². The van der Waals surface area contributed by atoms with E-state index >= 15 is 0 Å². The SMILES string of the molecule is CC(=O)C1=C(C)NC(=S)NC1c1ccc(Sc2ccc(F)cc2)cc1. The highest BCUT2D eigenvalue weighted by Crippen LogP contribution is 2.31. The van der Waals surface area contributed by atoms with Gasteiger partial charge in [-0.3, -0.25) is 4.79 Å². The minimum atomic E-state index is -0.254. The Balaban J connectivity index is 1.83. The van der Waals surface area contributed by atoms with Crippen molar-refractivity contribution in [3.05, 3.63) is 71.2 Å². The molecule has 0 aromatic heterocycles. The number of hydrogen-bond acceptors (Lipinski definition) is 3. The van der Waals surface area contributed by atoms with Crippen LogP contribution in [0.3, 0.4) is 0 Å². The first-order valence-electron chi connectivity index (χ1n) is 7.76. The van der Waals surface area contributed by atoms with E-state index in [1.165, 1.54) is 12.1 Å². The number of nitrogens with one attached hydrogen (secondary N) is 2. The maximum Gasteiger partial charge on any atom is 0.171 e. The van der Waals surface area contributed by atoms with E-state index in [1.54, 1.807) is 30.8 Å². The first-order chi connectivity index (χ1) is 11.9. The average Bonchev–Trinajstić information content (AvgIpc) is 2.56. The lowest BCUT2D eigenvalue weighted by Gasteiger charge is -2.29. The number of carbonyl (C=O) groups excluding carboxylic acids is 1. The van der Waals surface area contributed by atoms with Crippen molar-refractivity contribution in [2.75, 3.05) is 0 Å². The highest BCUT2D eigenvalue weighted by atomic mass is 32.2. The van der Waals surface area contributed by atoms with Crippen molar-refractivity contribution in [2.45, 2.75) is 29.7 Å². The first-order valence-corrected chi connectivity index (χ1v) is 8.99. The molecule has 2 N–H and O–H groups in total. The summed E-state index contributed by atoms with van der Waals surface area (Å²) < 4.78 is 13.0. The summed E-state index contributed by atoms with van der Waals surface area (Å²) in [5.74, 6) is -0.235. The van der Waals surface area contributed by atoms with Crippen LogP contribution in [0.5, 0.6) is 0 Å². The van der Waals surface area contributed by atoms with Gasteiger partial charge in [-0.1, -0.05) is 23.9 Å². The number of Topliss-reactive ketones (excluding diaryl/α,β-unsaturated/α-hetero) is 1. The number of ketones is 1. The highest BCUT2D eigenvalue weighted by molar-refractivity contribution is 7.99. The highest BCUT2D eigenvalue weighted by Gasteiger charge is 2.27. The van der Waals surface area contributed by atoms with Crippen molar-refractivity contribution in [2.24, 2.45) is 0 Å². The maximum absolute atomic E-state index is 13.0. The van der Waals surface area contributed by atoms with E-state index in [-0.39, 0.29) is 17.6 Å². The number of benzene rings is 2.